The third-order valence-electron chi connectivity index (χ3n) is 10.6. The minimum Gasteiger partial charge on any atom is -0.490 e. The first-order valence-electron chi connectivity index (χ1n) is 23.2. The van der Waals surface area contributed by atoms with E-state index in [1.165, 1.54) is 182 Å². The predicted molar refractivity (Wildman–Crippen MR) is 247 cm³/mol. The van der Waals surface area contributed by atoms with Crippen LogP contribution in [0.3, 0.4) is 0 Å². The summed E-state index contributed by atoms with van der Waals surface area (Å²) in [5, 5.41) is 0. The van der Waals surface area contributed by atoms with E-state index in [2.05, 4.69) is 91.9 Å². The Morgan fingerprint density at radius 3 is 1.02 bits per heavy atom. The lowest BCUT2D eigenvalue weighted by Crippen LogP contribution is -2.07. The van der Waals surface area contributed by atoms with Crippen molar-refractivity contribution >= 4 is 34.7 Å². The summed E-state index contributed by atoms with van der Waals surface area (Å²) in [6, 6.07) is 13.0. The van der Waals surface area contributed by atoms with E-state index >= 15 is 0 Å². The van der Waals surface area contributed by atoms with E-state index in [-0.39, 0.29) is 0 Å². The minimum absolute atomic E-state index is 0.706. The summed E-state index contributed by atoms with van der Waals surface area (Å²) < 4.78 is 21.0. The molecule has 0 bridgehead atoms. The van der Waals surface area contributed by atoms with Gasteiger partial charge >= 0.3 is 0 Å². The van der Waals surface area contributed by atoms with Gasteiger partial charge in [0.1, 0.15) is 0 Å². The summed E-state index contributed by atoms with van der Waals surface area (Å²) in [6.07, 6.45) is 44.0. The molecule has 0 aliphatic heterocycles. The van der Waals surface area contributed by atoms with Crippen molar-refractivity contribution < 1.29 is 14.2 Å². The Kier molecular flexibility index (Phi) is 32.0. The number of hydrogen-bond donors (Lipinski definition) is 0. The normalized spacial score (nSPS) is 11.5. The van der Waals surface area contributed by atoms with Crippen LogP contribution in [0.1, 0.15) is 225 Å². The molecular weight excluding hydrogens is 775 g/mol. The summed E-state index contributed by atoms with van der Waals surface area (Å²) in [5.74, 6) is 2.47. The van der Waals surface area contributed by atoms with Gasteiger partial charge in [-0.2, -0.15) is 0 Å². The van der Waals surface area contributed by atoms with Crippen LogP contribution in [0.15, 0.2) is 36.4 Å². The Bertz CT molecular complexity index is 1100. The van der Waals surface area contributed by atoms with Gasteiger partial charge in [-0.15, -0.1) is 0 Å². The molecule has 2 rings (SSSR count). The molecule has 0 spiro atoms. The van der Waals surface area contributed by atoms with Crippen LogP contribution in [0.25, 0.3) is 12.2 Å². The zero-order chi connectivity index (χ0) is 38.6. The SMILES string of the molecule is CCCCCCCCCCCCOc1cc(/C=C/c2ccc(I)cc2)cc(OCCCCCCCCCCCC)c1OCCCCCCCCCCCC. The molecular formula is C50H83IO3. The van der Waals surface area contributed by atoms with Gasteiger partial charge in [-0.3, -0.25) is 0 Å². The van der Waals surface area contributed by atoms with Gasteiger partial charge in [0, 0.05) is 3.57 Å². The number of benzene rings is 2. The molecule has 0 amide bonds. The third kappa shape index (κ3) is 26.2. The zero-order valence-electron chi connectivity index (χ0n) is 35.6. The first-order valence-corrected chi connectivity index (χ1v) is 24.3. The molecule has 0 unspecified atom stereocenters. The molecule has 54 heavy (non-hydrogen) atoms. The summed E-state index contributed by atoms with van der Waals surface area (Å²) in [5.41, 5.74) is 2.29. The molecule has 4 heteroatoms. The van der Waals surface area contributed by atoms with E-state index in [0.29, 0.717) is 19.8 Å². The molecule has 0 radical (unpaired) electrons. The maximum absolute atomic E-state index is 6.60. The van der Waals surface area contributed by atoms with E-state index in [4.69, 9.17) is 14.2 Å². The molecule has 0 fully saturated rings. The molecule has 0 saturated carbocycles. The van der Waals surface area contributed by atoms with Gasteiger partial charge in [-0.1, -0.05) is 218 Å². The Hall–Kier alpha value is -1.69. The molecule has 0 saturated heterocycles. The fourth-order valence-corrected chi connectivity index (χ4v) is 7.48. The Labute approximate surface area is 348 Å². The van der Waals surface area contributed by atoms with Crippen LogP contribution < -0.4 is 14.2 Å². The highest BCUT2D eigenvalue weighted by Gasteiger charge is 2.16. The summed E-state index contributed by atoms with van der Waals surface area (Å²) in [4.78, 5) is 0. The average Bonchev–Trinajstić information content (AvgIpc) is 3.18. The lowest BCUT2D eigenvalue weighted by atomic mass is 10.1. The zero-order valence-corrected chi connectivity index (χ0v) is 37.7. The van der Waals surface area contributed by atoms with Crippen molar-refractivity contribution in [1.29, 1.82) is 0 Å². The summed E-state index contributed by atoms with van der Waals surface area (Å²) >= 11 is 2.37. The van der Waals surface area contributed by atoms with Crippen molar-refractivity contribution in [2.45, 2.75) is 213 Å². The van der Waals surface area contributed by atoms with E-state index < -0.39 is 0 Å². The fourth-order valence-electron chi connectivity index (χ4n) is 7.12. The van der Waals surface area contributed by atoms with Gasteiger partial charge in [0.25, 0.3) is 0 Å². The van der Waals surface area contributed by atoms with Gasteiger partial charge in [-0.25, -0.2) is 0 Å². The average molecular weight is 859 g/mol. The molecule has 2 aromatic carbocycles. The molecule has 0 heterocycles. The van der Waals surface area contributed by atoms with Crippen LogP contribution in [-0.4, -0.2) is 19.8 Å². The second kappa shape index (κ2) is 35.7. The number of ether oxygens (including phenoxy) is 3. The molecule has 0 aliphatic carbocycles. The van der Waals surface area contributed by atoms with E-state index in [0.717, 1.165) is 42.1 Å². The second-order valence-corrected chi connectivity index (χ2v) is 17.1. The number of unbranched alkanes of at least 4 members (excludes halogenated alkanes) is 27. The summed E-state index contributed by atoms with van der Waals surface area (Å²) in [6.45, 7) is 9.02. The maximum Gasteiger partial charge on any atom is 0.203 e. The number of halogens is 1. The largest absolute Gasteiger partial charge is 0.490 e. The van der Waals surface area contributed by atoms with Crippen LogP contribution in [0.5, 0.6) is 17.2 Å². The Balaban J connectivity index is 2.02. The van der Waals surface area contributed by atoms with Crippen molar-refractivity contribution in [3.05, 3.63) is 51.1 Å². The smallest absolute Gasteiger partial charge is 0.203 e. The van der Waals surface area contributed by atoms with Crippen LogP contribution in [0, 0.1) is 3.57 Å². The fraction of sp³-hybridized carbons (Fsp3) is 0.720. The van der Waals surface area contributed by atoms with Crippen molar-refractivity contribution in [1.82, 2.24) is 0 Å². The van der Waals surface area contributed by atoms with Gasteiger partial charge in [-0.05, 0) is 77.2 Å². The highest BCUT2D eigenvalue weighted by molar-refractivity contribution is 14.1. The van der Waals surface area contributed by atoms with Crippen molar-refractivity contribution in [3.63, 3.8) is 0 Å². The highest BCUT2D eigenvalue weighted by atomic mass is 127. The highest BCUT2D eigenvalue weighted by Crippen LogP contribution is 2.40. The van der Waals surface area contributed by atoms with Crippen LogP contribution in [0.4, 0.5) is 0 Å². The van der Waals surface area contributed by atoms with E-state index in [9.17, 15) is 0 Å². The standard InChI is InChI=1S/C50H83IO3/c1-4-7-10-13-16-19-22-25-28-31-40-52-48-43-46(35-34-45-36-38-47(51)39-37-45)44-49(53-41-32-29-26-23-20-17-14-11-8-5-2)50(48)54-42-33-30-27-24-21-18-15-12-9-6-3/h34-39,43-44H,4-33,40-42H2,1-3H3/b35-34+. The second-order valence-electron chi connectivity index (χ2n) is 15.8. The van der Waals surface area contributed by atoms with Crippen LogP contribution in [0.2, 0.25) is 0 Å². The minimum atomic E-state index is 0.706. The Morgan fingerprint density at radius 2 is 0.667 bits per heavy atom. The lowest BCUT2D eigenvalue weighted by Gasteiger charge is -2.18. The molecule has 3 nitrogen and oxygen atoms in total. The molecule has 0 aliphatic rings. The summed E-state index contributed by atoms with van der Waals surface area (Å²) in [7, 11) is 0. The van der Waals surface area contributed by atoms with Gasteiger partial charge < -0.3 is 14.2 Å². The topological polar surface area (TPSA) is 27.7 Å². The Morgan fingerprint density at radius 1 is 0.370 bits per heavy atom. The molecule has 0 N–H and O–H groups in total. The van der Waals surface area contributed by atoms with Gasteiger partial charge in [0.15, 0.2) is 11.5 Å². The van der Waals surface area contributed by atoms with Gasteiger partial charge in [0.05, 0.1) is 19.8 Å². The maximum atomic E-state index is 6.60. The molecule has 2 aromatic rings. The van der Waals surface area contributed by atoms with Crippen molar-refractivity contribution in [3.8, 4) is 17.2 Å². The molecule has 308 valence electrons. The number of hydrogen-bond acceptors (Lipinski definition) is 3. The first-order chi connectivity index (χ1) is 26.7. The van der Waals surface area contributed by atoms with Gasteiger partial charge in [0.2, 0.25) is 5.75 Å². The van der Waals surface area contributed by atoms with Crippen molar-refractivity contribution in [2.24, 2.45) is 0 Å². The van der Waals surface area contributed by atoms with Crippen LogP contribution >= 0.6 is 22.6 Å². The third-order valence-corrected chi connectivity index (χ3v) is 11.4. The van der Waals surface area contributed by atoms with E-state index in [1.54, 1.807) is 0 Å². The monoisotopic (exact) mass is 859 g/mol. The number of rotatable bonds is 38. The molecule has 0 aromatic heterocycles. The van der Waals surface area contributed by atoms with Crippen molar-refractivity contribution in [2.75, 3.05) is 19.8 Å². The predicted octanol–water partition coefficient (Wildman–Crippen LogP) is 17.4. The van der Waals surface area contributed by atoms with E-state index in [1.807, 2.05) is 0 Å². The first kappa shape index (κ1) is 48.5. The molecule has 0 atom stereocenters. The quantitative estimate of drug-likeness (QED) is 0.0382. The van der Waals surface area contributed by atoms with Crippen LogP contribution in [-0.2, 0) is 0 Å². The lowest BCUT2D eigenvalue weighted by molar-refractivity contribution is 0.234.